The first-order chi connectivity index (χ1) is 9.15. The number of nitrogens with zero attached hydrogens (tertiary/aromatic N) is 1. The second-order valence-corrected chi connectivity index (χ2v) is 5.17. The predicted molar refractivity (Wildman–Crippen MR) is 73.9 cm³/mol. The Bertz CT molecular complexity index is 288. The Kier molecular flexibility index (Phi) is 7.30. The summed E-state index contributed by atoms with van der Waals surface area (Å²) >= 11 is 0. The normalized spacial score (nSPS) is 15.9. The Morgan fingerprint density at radius 3 is 2.53 bits per heavy atom. The largest absolute Gasteiger partial charge is 0.469 e. The minimum atomic E-state index is -0.189. The number of rotatable bonds is 6. The van der Waals surface area contributed by atoms with E-state index in [2.05, 4.69) is 10.1 Å². The van der Waals surface area contributed by atoms with Crippen molar-refractivity contribution < 1.29 is 14.3 Å². The van der Waals surface area contributed by atoms with E-state index in [1.807, 2.05) is 11.9 Å². The van der Waals surface area contributed by atoms with Crippen LogP contribution in [0.4, 0.5) is 4.79 Å². The minimum absolute atomic E-state index is 0.00460. The van der Waals surface area contributed by atoms with Crippen LogP contribution in [0.5, 0.6) is 0 Å². The van der Waals surface area contributed by atoms with Gasteiger partial charge in [-0.05, 0) is 25.7 Å². The molecule has 0 unspecified atom stereocenters. The molecule has 1 saturated carbocycles. The maximum atomic E-state index is 11.9. The van der Waals surface area contributed by atoms with Crippen LogP contribution in [0.15, 0.2) is 0 Å². The van der Waals surface area contributed by atoms with Gasteiger partial charge in [-0.1, -0.05) is 19.3 Å². The number of carbonyl (C=O) groups excluding carboxylic acids is 2. The molecule has 1 aliphatic rings. The Labute approximate surface area is 115 Å². The van der Waals surface area contributed by atoms with E-state index >= 15 is 0 Å². The zero-order chi connectivity index (χ0) is 14.1. The van der Waals surface area contributed by atoms with E-state index in [0.29, 0.717) is 19.0 Å². The fourth-order valence-electron chi connectivity index (χ4n) is 2.45. The van der Waals surface area contributed by atoms with Crippen LogP contribution in [-0.2, 0) is 9.53 Å². The first kappa shape index (κ1) is 15.8. The van der Waals surface area contributed by atoms with Gasteiger partial charge in [0.25, 0.3) is 0 Å². The van der Waals surface area contributed by atoms with Crippen molar-refractivity contribution in [3.8, 4) is 0 Å². The molecule has 2 amide bonds. The van der Waals surface area contributed by atoms with Crippen molar-refractivity contribution in [1.29, 1.82) is 0 Å². The molecular formula is C14H26N2O3. The third kappa shape index (κ3) is 5.94. The van der Waals surface area contributed by atoms with Crippen LogP contribution in [-0.4, -0.2) is 43.6 Å². The molecular weight excluding hydrogens is 244 g/mol. The van der Waals surface area contributed by atoms with Crippen LogP contribution in [0.3, 0.4) is 0 Å². The van der Waals surface area contributed by atoms with Crippen molar-refractivity contribution in [3.63, 3.8) is 0 Å². The van der Waals surface area contributed by atoms with Crippen LogP contribution in [0.25, 0.3) is 0 Å². The smallest absolute Gasteiger partial charge is 0.317 e. The molecule has 1 rings (SSSR count). The summed E-state index contributed by atoms with van der Waals surface area (Å²) in [5.74, 6) is -0.189. The minimum Gasteiger partial charge on any atom is -0.469 e. The molecule has 0 atom stereocenters. The highest BCUT2D eigenvalue weighted by atomic mass is 16.5. The van der Waals surface area contributed by atoms with Crippen LogP contribution >= 0.6 is 0 Å². The van der Waals surface area contributed by atoms with Crippen LogP contribution in [0.1, 0.15) is 51.4 Å². The fraction of sp³-hybridized carbons (Fsp3) is 0.857. The average molecular weight is 270 g/mol. The number of hydrogen-bond donors (Lipinski definition) is 1. The highest BCUT2D eigenvalue weighted by Crippen LogP contribution is 2.21. The van der Waals surface area contributed by atoms with Gasteiger partial charge in [0.05, 0.1) is 7.11 Å². The summed E-state index contributed by atoms with van der Waals surface area (Å²) in [6.07, 6.45) is 7.95. The first-order valence-corrected chi connectivity index (χ1v) is 7.22. The highest BCUT2D eigenvalue weighted by Gasteiger charge is 2.21. The SMILES string of the molecule is COC(=O)CCCCNC(=O)N(C)C1CCCCC1. The van der Waals surface area contributed by atoms with E-state index in [1.54, 1.807) is 0 Å². The monoisotopic (exact) mass is 270 g/mol. The van der Waals surface area contributed by atoms with Gasteiger partial charge in [0, 0.05) is 26.1 Å². The zero-order valence-electron chi connectivity index (χ0n) is 12.1. The van der Waals surface area contributed by atoms with Crippen molar-refractivity contribution in [2.45, 2.75) is 57.4 Å². The van der Waals surface area contributed by atoms with Gasteiger partial charge < -0.3 is 15.0 Å². The van der Waals surface area contributed by atoms with Crippen molar-refractivity contribution in [2.24, 2.45) is 0 Å². The second kappa shape index (κ2) is 8.77. The quantitative estimate of drug-likeness (QED) is 0.595. The third-order valence-electron chi connectivity index (χ3n) is 3.75. The van der Waals surface area contributed by atoms with E-state index in [9.17, 15) is 9.59 Å². The molecule has 1 fully saturated rings. The van der Waals surface area contributed by atoms with E-state index in [1.165, 1.54) is 26.4 Å². The Hall–Kier alpha value is -1.26. The second-order valence-electron chi connectivity index (χ2n) is 5.17. The van der Waals surface area contributed by atoms with Gasteiger partial charge in [-0.15, -0.1) is 0 Å². The van der Waals surface area contributed by atoms with Crippen molar-refractivity contribution in [1.82, 2.24) is 10.2 Å². The molecule has 0 aliphatic heterocycles. The predicted octanol–water partition coefficient (Wildman–Crippen LogP) is 2.30. The summed E-state index contributed by atoms with van der Waals surface area (Å²) in [6, 6.07) is 0.397. The number of urea groups is 1. The molecule has 19 heavy (non-hydrogen) atoms. The van der Waals surface area contributed by atoms with Crippen LogP contribution in [0.2, 0.25) is 0 Å². The molecule has 5 nitrogen and oxygen atoms in total. The molecule has 110 valence electrons. The maximum Gasteiger partial charge on any atom is 0.317 e. The summed E-state index contributed by atoms with van der Waals surface area (Å²) in [4.78, 5) is 24.7. The van der Waals surface area contributed by atoms with E-state index in [0.717, 1.165) is 25.7 Å². The van der Waals surface area contributed by atoms with Gasteiger partial charge in [0.15, 0.2) is 0 Å². The number of amides is 2. The third-order valence-corrected chi connectivity index (χ3v) is 3.75. The molecule has 5 heteroatoms. The van der Waals surface area contributed by atoms with Crippen molar-refractivity contribution in [2.75, 3.05) is 20.7 Å². The fourth-order valence-corrected chi connectivity index (χ4v) is 2.45. The summed E-state index contributed by atoms with van der Waals surface area (Å²) in [5, 5.41) is 2.91. The van der Waals surface area contributed by atoms with Crippen molar-refractivity contribution >= 4 is 12.0 Å². The molecule has 1 aliphatic carbocycles. The van der Waals surface area contributed by atoms with E-state index < -0.39 is 0 Å². The summed E-state index contributed by atoms with van der Waals surface area (Å²) < 4.78 is 4.56. The number of esters is 1. The number of methoxy groups -OCH3 is 1. The summed E-state index contributed by atoms with van der Waals surface area (Å²) in [5.41, 5.74) is 0. The molecule has 0 spiro atoms. The van der Waals surface area contributed by atoms with Crippen molar-refractivity contribution in [3.05, 3.63) is 0 Å². The molecule has 0 aromatic heterocycles. The first-order valence-electron chi connectivity index (χ1n) is 7.22. The topological polar surface area (TPSA) is 58.6 Å². The van der Waals surface area contributed by atoms with Gasteiger partial charge in [-0.3, -0.25) is 4.79 Å². The highest BCUT2D eigenvalue weighted by molar-refractivity contribution is 5.74. The Balaban J connectivity index is 2.11. The lowest BCUT2D eigenvalue weighted by Crippen LogP contribution is -2.44. The van der Waals surface area contributed by atoms with Gasteiger partial charge in [-0.2, -0.15) is 0 Å². The van der Waals surface area contributed by atoms with Crippen LogP contribution in [0, 0.1) is 0 Å². The number of hydrogen-bond acceptors (Lipinski definition) is 3. The van der Waals surface area contributed by atoms with Crippen LogP contribution < -0.4 is 5.32 Å². The molecule has 0 saturated heterocycles. The summed E-state index contributed by atoms with van der Waals surface area (Å²) in [7, 11) is 3.27. The zero-order valence-corrected chi connectivity index (χ0v) is 12.1. The van der Waals surface area contributed by atoms with Gasteiger partial charge in [0.1, 0.15) is 0 Å². The lowest BCUT2D eigenvalue weighted by Gasteiger charge is -2.31. The van der Waals surface area contributed by atoms with Gasteiger partial charge in [-0.25, -0.2) is 4.79 Å². The number of carbonyl (C=O) groups is 2. The summed E-state index contributed by atoms with van der Waals surface area (Å²) in [6.45, 7) is 0.618. The molecule has 0 heterocycles. The number of ether oxygens (including phenoxy) is 1. The molecule has 0 aromatic carbocycles. The maximum absolute atomic E-state index is 11.9. The lowest BCUT2D eigenvalue weighted by molar-refractivity contribution is -0.140. The number of unbranched alkanes of at least 4 members (excludes halogenated alkanes) is 1. The Morgan fingerprint density at radius 2 is 1.89 bits per heavy atom. The molecule has 0 bridgehead atoms. The van der Waals surface area contributed by atoms with E-state index in [-0.39, 0.29) is 12.0 Å². The Morgan fingerprint density at radius 1 is 1.21 bits per heavy atom. The molecule has 0 aromatic rings. The standard InChI is InChI=1S/C14H26N2O3/c1-16(12-8-4-3-5-9-12)14(18)15-11-7-6-10-13(17)19-2/h12H,3-11H2,1-2H3,(H,15,18). The average Bonchev–Trinajstić information content (AvgIpc) is 2.46. The van der Waals surface area contributed by atoms with Gasteiger partial charge in [0.2, 0.25) is 0 Å². The lowest BCUT2D eigenvalue weighted by atomic mass is 9.95. The number of nitrogens with one attached hydrogen (secondary N) is 1. The molecule has 1 N–H and O–H groups in total. The van der Waals surface area contributed by atoms with E-state index in [4.69, 9.17) is 0 Å². The molecule has 0 radical (unpaired) electrons. The van der Waals surface area contributed by atoms with Gasteiger partial charge >= 0.3 is 12.0 Å².